The quantitative estimate of drug-likeness (QED) is 0.242. The second-order valence-corrected chi connectivity index (χ2v) is 20.2. The van der Waals surface area contributed by atoms with Crippen molar-refractivity contribution < 1.29 is 19.7 Å². The van der Waals surface area contributed by atoms with Crippen LogP contribution in [0.2, 0.25) is 0 Å². The molecule has 2 radical (unpaired) electrons. The minimum Gasteiger partial charge on any atom is -0.392 e. The zero-order chi connectivity index (χ0) is 37.9. The highest BCUT2D eigenvalue weighted by atomic mass is 32.2. The van der Waals surface area contributed by atoms with E-state index >= 15 is 0 Å². The number of thioether (sulfide) groups is 1. The molecule has 7 heteroatoms. The monoisotopic (exact) mass is 732 g/mol. The van der Waals surface area contributed by atoms with E-state index in [-0.39, 0.29) is 22.5 Å². The number of hydrogen-bond donors (Lipinski definition) is 2. The molecule has 4 heterocycles. The lowest BCUT2D eigenvalue weighted by molar-refractivity contribution is -0.122. The number of rotatable bonds is 4. The molecular formula is C46H56N2O4S. The van der Waals surface area contributed by atoms with E-state index < -0.39 is 34.9 Å². The van der Waals surface area contributed by atoms with Crippen LogP contribution in [0.3, 0.4) is 0 Å². The van der Waals surface area contributed by atoms with Gasteiger partial charge in [0.1, 0.15) is 6.04 Å². The Hall–Kier alpha value is -2.71. The molecule has 1 aromatic heterocycles. The Bertz CT molecular complexity index is 2150. The molecule has 280 valence electrons. The smallest absolute Gasteiger partial charge is 0.192 e. The van der Waals surface area contributed by atoms with Crippen molar-refractivity contribution >= 4 is 39.1 Å². The third kappa shape index (κ3) is 4.51. The molecule has 8 atom stereocenters. The van der Waals surface area contributed by atoms with Gasteiger partial charge in [0, 0.05) is 33.2 Å². The van der Waals surface area contributed by atoms with Crippen molar-refractivity contribution in [2.45, 2.75) is 142 Å². The van der Waals surface area contributed by atoms with E-state index in [4.69, 9.17) is 9.73 Å². The number of Topliss-reactive ketones (excluding diaryl/α,β-unsaturated/α-hetero) is 1. The molecule has 0 amide bonds. The molecule has 3 aliphatic heterocycles. The first-order valence-corrected chi connectivity index (χ1v) is 20.8. The number of carbonyl (C=O) groups is 1. The van der Waals surface area contributed by atoms with Crippen molar-refractivity contribution in [3.63, 3.8) is 0 Å². The number of fused-ring (bicyclic) bond motifs is 11. The molecule has 0 bridgehead atoms. The van der Waals surface area contributed by atoms with Crippen molar-refractivity contribution in [3.05, 3.63) is 87.9 Å². The molecule has 53 heavy (non-hydrogen) atoms. The number of aliphatic imine (C=N–C) groups is 1. The largest absolute Gasteiger partial charge is 0.392 e. The van der Waals surface area contributed by atoms with Crippen LogP contribution in [0.4, 0.5) is 0 Å². The van der Waals surface area contributed by atoms with Crippen molar-refractivity contribution in [2.75, 3.05) is 5.75 Å². The first kappa shape index (κ1) is 36.0. The Morgan fingerprint density at radius 1 is 1.11 bits per heavy atom. The number of hydrogen-bond acceptors (Lipinski definition) is 6. The first-order chi connectivity index (χ1) is 24.8. The Morgan fingerprint density at radius 3 is 2.53 bits per heavy atom. The van der Waals surface area contributed by atoms with Crippen LogP contribution < -0.4 is 0 Å². The van der Waals surface area contributed by atoms with Gasteiger partial charge in [-0.1, -0.05) is 51.2 Å². The van der Waals surface area contributed by atoms with Crippen LogP contribution in [-0.2, 0) is 16.6 Å². The summed E-state index contributed by atoms with van der Waals surface area (Å²) >= 11 is 1.83. The number of nitrogens with zero attached hydrogens (tertiary/aromatic N) is 2. The SMILES string of the molecule is C=C(C)[C@H]1C(=O)c2c3c(cc4c5c(n1c24)[C@@]1(C)[C](CC[C@H]2[C@](C)(/C=C/C=C(\C)C4=NC(C)CS4)[C@@H](O)CC[C@@]21C)C5)C1=CC(C)(C)OC(C)(C)[C]1[C@@H]3O. The average molecular weight is 733 g/mol. The number of ether oxygens (including phenoxy) is 1. The average Bonchev–Trinajstić information content (AvgIpc) is 3.84. The fourth-order valence-corrected chi connectivity index (χ4v) is 13.7. The van der Waals surface area contributed by atoms with Crippen LogP contribution in [-0.4, -0.2) is 54.7 Å². The molecule has 1 unspecified atom stereocenters. The Kier molecular flexibility index (Phi) is 7.60. The number of aromatic nitrogens is 1. The van der Waals surface area contributed by atoms with E-state index in [1.54, 1.807) is 5.92 Å². The molecule has 2 N–H and O–H groups in total. The summed E-state index contributed by atoms with van der Waals surface area (Å²) in [6, 6.07) is 2.14. The standard InChI is InChI=1S/C46H56N2O4S/c1-23(2)36-39(51)34-33-27(30-21-42(5,6)52-43(7,8)35(30)38(33)50)20-28-29-19-26-14-15-31-44(9,17-12-13-24(3)41-47-25(4)22-53-41)32(49)16-18-45(31,10)46(26,11)40(29)48(36)37(28)34/h12-13,17,20-21,25,31-32,36,38,49-50H,1,14-16,18-19,22H2,2-11H3/b17-12+,24-13+/t25?,31-,32-,36-,38+,44-,45-,46+/m0/s1. The van der Waals surface area contributed by atoms with Gasteiger partial charge in [-0.3, -0.25) is 9.79 Å². The fraction of sp³-hybridized carbons (Fsp3) is 0.565. The third-order valence-electron chi connectivity index (χ3n) is 15.0. The van der Waals surface area contributed by atoms with Gasteiger partial charge in [0.25, 0.3) is 0 Å². The molecule has 1 aromatic carbocycles. The van der Waals surface area contributed by atoms with E-state index in [2.05, 4.69) is 90.0 Å². The van der Waals surface area contributed by atoms with Crippen molar-refractivity contribution in [3.8, 4) is 0 Å². The van der Waals surface area contributed by atoms with Gasteiger partial charge in [-0.25, -0.2) is 0 Å². The lowest BCUT2D eigenvalue weighted by Crippen LogP contribution is -2.61. The zero-order valence-corrected chi connectivity index (χ0v) is 34.1. The molecule has 7 aliphatic rings. The van der Waals surface area contributed by atoms with Crippen LogP contribution >= 0.6 is 11.8 Å². The second-order valence-electron chi connectivity index (χ2n) is 19.1. The minimum atomic E-state index is -0.921. The van der Waals surface area contributed by atoms with E-state index in [0.29, 0.717) is 11.6 Å². The van der Waals surface area contributed by atoms with Gasteiger partial charge in [0.15, 0.2) is 5.78 Å². The van der Waals surface area contributed by atoms with Gasteiger partial charge in [0.05, 0.1) is 51.5 Å². The topological polar surface area (TPSA) is 84.1 Å². The molecule has 4 aliphatic carbocycles. The van der Waals surface area contributed by atoms with Gasteiger partial charge in [-0.05, 0) is 132 Å². The maximum absolute atomic E-state index is 14.9. The summed E-state index contributed by atoms with van der Waals surface area (Å²) in [5.41, 5.74) is 6.85. The van der Waals surface area contributed by atoms with Gasteiger partial charge in [-0.2, -0.15) is 0 Å². The Morgan fingerprint density at radius 2 is 1.85 bits per heavy atom. The number of ketones is 1. The molecule has 0 spiro atoms. The minimum absolute atomic E-state index is 0.0389. The number of carbonyl (C=O) groups excluding carboxylic acids is 1. The molecule has 0 saturated heterocycles. The second kappa shape index (κ2) is 11.2. The highest BCUT2D eigenvalue weighted by molar-refractivity contribution is 8.14. The summed E-state index contributed by atoms with van der Waals surface area (Å²) in [5.74, 6) is 3.70. The summed E-state index contributed by atoms with van der Waals surface area (Å²) in [6.07, 6.45) is 12.0. The Balaban J connectivity index is 1.22. The van der Waals surface area contributed by atoms with Crippen LogP contribution in [0, 0.1) is 28.6 Å². The summed E-state index contributed by atoms with van der Waals surface area (Å²) in [7, 11) is 0. The molecular weight excluding hydrogens is 677 g/mol. The summed E-state index contributed by atoms with van der Waals surface area (Å²) in [6.45, 7) is 26.2. The Labute approximate surface area is 319 Å². The number of aliphatic hydroxyl groups is 2. The summed E-state index contributed by atoms with van der Waals surface area (Å²) in [5, 5.41) is 26.3. The van der Waals surface area contributed by atoms with E-state index in [0.717, 1.165) is 82.0 Å². The maximum atomic E-state index is 14.9. The molecule has 2 saturated carbocycles. The highest BCUT2D eigenvalue weighted by Crippen LogP contribution is 2.72. The third-order valence-corrected chi connectivity index (χ3v) is 16.3. The van der Waals surface area contributed by atoms with Gasteiger partial charge < -0.3 is 19.5 Å². The molecule has 9 rings (SSSR count). The first-order valence-electron chi connectivity index (χ1n) is 19.8. The number of allylic oxidation sites excluding steroid dienone is 3. The molecule has 2 aromatic rings. The van der Waals surface area contributed by atoms with Crippen molar-refractivity contribution in [1.29, 1.82) is 0 Å². The predicted octanol–water partition coefficient (Wildman–Crippen LogP) is 9.55. The summed E-state index contributed by atoms with van der Waals surface area (Å²) in [4.78, 5) is 19.7. The van der Waals surface area contributed by atoms with Gasteiger partial charge in [0.2, 0.25) is 0 Å². The van der Waals surface area contributed by atoms with Gasteiger partial charge >= 0.3 is 0 Å². The van der Waals surface area contributed by atoms with E-state index in [1.807, 2.05) is 32.5 Å². The van der Waals surface area contributed by atoms with E-state index in [9.17, 15) is 15.0 Å². The number of benzene rings is 1. The van der Waals surface area contributed by atoms with Crippen molar-refractivity contribution in [2.24, 2.45) is 21.7 Å². The van der Waals surface area contributed by atoms with E-state index in [1.165, 1.54) is 16.8 Å². The van der Waals surface area contributed by atoms with Crippen LogP contribution in [0.15, 0.2) is 53.1 Å². The van der Waals surface area contributed by atoms with Crippen LogP contribution in [0.25, 0.3) is 16.5 Å². The highest BCUT2D eigenvalue weighted by Gasteiger charge is 2.68. The normalized spacial score (nSPS) is 38.5. The maximum Gasteiger partial charge on any atom is 0.192 e. The van der Waals surface area contributed by atoms with Crippen molar-refractivity contribution in [1.82, 2.24) is 4.57 Å². The predicted molar refractivity (Wildman–Crippen MR) is 216 cm³/mol. The molecule has 2 fully saturated rings. The lowest BCUT2D eigenvalue weighted by atomic mass is 9.40. The fourth-order valence-electron chi connectivity index (χ4n) is 12.7. The van der Waals surface area contributed by atoms with Gasteiger partial charge in [-0.15, -0.1) is 11.8 Å². The van der Waals surface area contributed by atoms with Crippen LogP contribution in [0.5, 0.6) is 0 Å². The lowest BCUT2D eigenvalue weighted by Gasteiger charge is -2.64. The number of aliphatic hydroxyl groups excluding tert-OH is 2. The zero-order valence-electron chi connectivity index (χ0n) is 33.2. The summed E-state index contributed by atoms with van der Waals surface area (Å²) < 4.78 is 8.89. The molecule has 6 nitrogen and oxygen atoms in total. The van der Waals surface area contributed by atoms with Crippen LogP contribution in [0.1, 0.15) is 140 Å².